The van der Waals surface area contributed by atoms with Gasteiger partial charge in [0.25, 0.3) is 0 Å². The van der Waals surface area contributed by atoms with Gasteiger partial charge in [0.2, 0.25) is 11.8 Å². The van der Waals surface area contributed by atoms with Gasteiger partial charge in [-0.1, -0.05) is 30.3 Å². The molecular weight excluding hydrogens is 451 g/mol. The van der Waals surface area contributed by atoms with Crippen LogP contribution in [0.25, 0.3) is 0 Å². The summed E-state index contributed by atoms with van der Waals surface area (Å²) in [4.78, 5) is 31.3. The highest BCUT2D eigenvalue weighted by atomic mass is 32.1. The zero-order chi connectivity index (χ0) is 24.1. The molecule has 2 heterocycles. The average Bonchev–Trinajstić information content (AvgIpc) is 3.31. The number of carbonyl (C=O) groups is 2. The Kier molecular flexibility index (Phi) is 7.63. The molecule has 1 aliphatic heterocycles. The summed E-state index contributed by atoms with van der Waals surface area (Å²) in [5, 5.41) is 2.04. The second-order valence-electron chi connectivity index (χ2n) is 8.69. The van der Waals surface area contributed by atoms with Crippen LogP contribution in [0.2, 0.25) is 0 Å². The molecule has 0 radical (unpaired) electrons. The number of benzene rings is 2. The van der Waals surface area contributed by atoms with Crippen molar-refractivity contribution in [2.24, 2.45) is 0 Å². The summed E-state index contributed by atoms with van der Waals surface area (Å²) in [5.74, 6) is 0.0652. The van der Waals surface area contributed by atoms with Crippen LogP contribution in [0.4, 0.5) is 4.39 Å². The van der Waals surface area contributed by atoms with E-state index in [0.717, 1.165) is 17.5 Å². The Morgan fingerprint density at radius 3 is 2.56 bits per heavy atom. The van der Waals surface area contributed by atoms with E-state index in [1.165, 1.54) is 17.0 Å². The van der Waals surface area contributed by atoms with Gasteiger partial charge in [-0.3, -0.25) is 9.59 Å². The van der Waals surface area contributed by atoms with E-state index >= 15 is 0 Å². The molecule has 2 aromatic carbocycles. The number of hydrogen-bond acceptors (Lipinski definition) is 4. The Hall–Kier alpha value is -3.19. The minimum atomic E-state index is -0.323. The SMILES string of the molecule is CC(C)N(CC(=O)N1CCc2sccc2[C@H]1COc1ccc(F)cc1)C(=O)Cc1ccccc1. The molecule has 0 N–H and O–H groups in total. The largest absolute Gasteiger partial charge is 0.491 e. The van der Waals surface area contributed by atoms with E-state index in [-0.39, 0.29) is 49.3 Å². The quantitative estimate of drug-likeness (QED) is 0.462. The van der Waals surface area contributed by atoms with Gasteiger partial charge in [-0.25, -0.2) is 4.39 Å². The molecule has 0 spiro atoms. The third kappa shape index (κ3) is 5.65. The number of fused-ring (bicyclic) bond motifs is 1. The van der Waals surface area contributed by atoms with Gasteiger partial charge in [0.15, 0.2) is 0 Å². The van der Waals surface area contributed by atoms with Gasteiger partial charge >= 0.3 is 0 Å². The van der Waals surface area contributed by atoms with Crippen LogP contribution >= 0.6 is 11.3 Å². The lowest BCUT2D eigenvalue weighted by Crippen LogP contribution is -2.49. The first-order chi connectivity index (χ1) is 16.4. The molecule has 0 saturated heterocycles. The molecule has 4 rings (SSSR count). The lowest BCUT2D eigenvalue weighted by Gasteiger charge is -2.37. The fourth-order valence-corrected chi connectivity index (χ4v) is 5.18. The number of amides is 2. The predicted octanol–water partition coefficient (Wildman–Crippen LogP) is 4.87. The van der Waals surface area contributed by atoms with Gasteiger partial charge in [0.1, 0.15) is 24.7 Å². The Morgan fingerprint density at radius 1 is 1.12 bits per heavy atom. The molecule has 0 fully saturated rings. The Labute approximate surface area is 203 Å². The van der Waals surface area contributed by atoms with Crippen molar-refractivity contribution in [2.45, 2.75) is 38.8 Å². The van der Waals surface area contributed by atoms with E-state index in [1.54, 1.807) is 28.4 Å². The summed E-state index contributed by atoms with van der Waals surface area (Å²) in [6.45, 7) is 4.72. The number of carbonyl (C=O) groups excluding carboxylic acids is 2. The molecule has 0 bridgehead atoms. The number of nitrogens with zero attached hydrogens (tertiary/aromatic N) is 2. The van der Waals surface area contributed by atoms with Crippen molar-refractivity contribution in [3.05, 3.63) is 87.9 Å². The average molecular weight is 481 g/mol. The molecular formula is C27H29FN2O3S. The zero-order valence-corrected chi connectivity index (χ0v) is 20.3. The lowest BCUT2D eigenvalue weighted by molar-refractivity contribution is -0.143. The number of halogens is 1. The molecule has 1 atom stereocenters. The molecule has 0 unspecified atom stereocenters. The summed E-state index contributed by atoms with van der Waals surface area (Å²) in [6.07, 6.45) is 1.05. The maximum atomic E-state index is 13.5. The van der Waals surface area contributed by atoms with Gasteiger partial charge in [0, 0.05) is 17.5 Å². The summed E-state index contributed by atoms with van der Waals surface area (Å²) in [7, 11) is 0. The van der Waals surface area contributed by atoms with Crippen molar-refractivity contribution in [3.63, 3.8) is 0 Å². The number of ether oxygens (including phenoxy) is 1. The number of hydrogen-bond donors (Lipinski definition) is 0. The van der Waals surface area contributed by atoms with Crippen LogP contribution in [0.1, 0.15) is 35.9 Å². The van der Waals surface area contributed by atoms with E-state index in [0.29, 0.717) is 12.3 Å². The number of thiophene rings is 1. The maximum absolute atomic E-state index is 13.5. The molecule has 2 amide bonds. The second-order valence-corrected chi connectivity index (χ2v) is 9.70. The first-order valence-electron chi connectivity index (χ1n) is 11.5. The van der Waals surface area contributed by atoms with Crippen molar-refractivity contribution in [3.8, 4) is 5.75 Å². The molecule has 3 aromatic rings. The van der Waals surface area contributed by atoms with Gasteiger partial charge in [0.05, 0.1) is 12.5 Å². The van der Waals surface area contributed by atoms with Crippen LogP contribution in [0.3, 0.4) is 0 Å². The van der Waals surface area contributed by atoms with Gasteiger partial charge < -0.3 is 14.5 Å². The highest BCUT2D eigenvalue weighted by Gasteiger charge is 2.34. The van der Waals surface area contributed by atoms with Crippen LogP contribution in [-0.4, -0.2) is 47.4 Å². The van der Waals surface area contributed by atoms with Gasteiger partial charge in [-0.15, -0.1) is 11.3 Å². The summed E-state index contributed by atoms with van der Waals surface area (Å²) < 4.78 is 19.2. The minimum Gasteiger partial charge on any atom is -0.491 e. The predicted molar refractivity (Wildman–Crippen MR) is 131 cm³/mol. The van der Waals surface area contributed by atoms with Crippen LogP contribution in [0.5, 0.6) is 5.75 Å². The summed E-state index contributed by atoms with van der Waals surface area (Å²) in [6, 6.07) is 17.1. The normalized spacial score (nSPS) is 15.2. The fourth-order valence-electron chi connectivity index (χ4n) is 4.25. The number of rotatable bonds is 8. The van der Waals surface area contributed by atoms with E-state index in [9.17, 15) is 14.0 Å². The lowest BCUT2D eigenvalue weighted by atomic mass is 10.00. The van der Waals surface area contributed by atoms with E-state index in [1.807, 2.05) is 60.5 Å². The van der Waals surface area contributed by atoms with Crippen molar-refractivity contribution in [1.29, 1.82) is 0 Å². The topological polar surface area (TPSA) is 49.9 Å². The molecule has 178 valence electrons. The van der Waals surface area contributed by atoms with E-state index < -0.39 is 0 Å². The smallest absolute Gasteiger partial charge is 0.242 e. The second kappa shape index (κ2) is 10.8. The van der Waals surface area contributed by atoms with Crippen LogP contribution < -0.4 is 4.74 Å². The monoisotopic (exact) mass is 480 g/mol. The van der Waals surface area contributed by atoms with Gasteiger partial charge in [-0.2, -0.15) is 0 Å². The van der Waals surface area contributed by atoms with Crippen molar-refractivity contribution >= 4 is 23.2 Å². The van der Waals surface area contributed by atoms with Crippen molar-refractivity contribution in [1.82, 2.24) is 9.80 Å². The van der Waals surface area contributed by atoms with Crippen LogP contribution in [0, 0.1) is 5.82 Å². The van der Waals surface area contributed by atoms with Crippen molar-refractivity contribution in [2.75, 3.05) is 19.7 Å². The standard InChI is InChI=1S/C27H29FN2O3S/c1-19(2)30(26(31)16-20-6-4-3-5-7-20)17-27(32)29-14-12-25-23(13-15-34-25)24(29)18-33-22-10-8-21(28)9-11-22/h3-11,13,15,19,24H,12,14,16-18H2,1-2H3/t24-/m1/s1. The molecule has 1 aromatic heterocycles. The van der Waals surface area contributed by atoms with Crippen LogP contribution in [0.15, 0.2) is 66.0 Å². The van der Waals surface area contributed by atoms with E-state index in [2.05, 4.69) is 0 Å². The third-order valence-corrected chi connectivity index (χ3v) is 7.08. The first kappa shape index (κ1) is 24.0. The maximum Gasteiger partial charge on any atom is 0.242 e. The van der Waals surface area contributed by atoms with Gasteiger partial charge in [-0.05, 0) is 67.1 Å². The molecule has 5 nitrogen and oxygen atoms in total. The fraction of sp³-hybridized carbons (Fsp3) is 0.333. The molecule has 34 heavy (non-hydrogen) atoms. The minimum absolute atomic E-state index is 0.0237. The molecule has 0 saturated carbocycles. The Morgan fingerprint density at radius 2 is 1.85 bits per heavy atom. The first-order valence-corrected chi connectivity index (χ1v) is 12.4. The Balaban J connectivity index is 1.48. The third-order valence-electron chi connectivity index (χ3n) is 6.08. The Bertz CT molecular complexity index is 1110. The highest BCUT2D eigenvalue weighted by Crippen LogP contribution is 2.34. The summed E-state index contributed by atoms with van der Waals surface area (Å²) >= 11 is 1.68. The molecule has 0 aliphatic carbocycles. The highest BCUT2D eigenvalue weighted by molar-refractivity contribution is 7.10. The molecule has 1 aliphatic rings. The van der Waals surface area contributed by atoms with Crippen LogP contribution in [-0.2, 0) is 22.4 Å². The van der Waals surface area contributed by atoms with Crippen molar-refractivity contribution < 1.29 is 18.7 Å². The summed E-state index contributed by atoms with van der Waals surface area (Å²) in [5.41, 5.74) is 2.01. The zero-order valence-electron chi connectivity index (χ0n) is 19.4. The van der Waals surface area contributed by atoms with E-state index in [4.69, 9.17) is 4.74 Å². The molecule has 7 heteroatoms.